The highest BCUT2D eigenvalue weighted by Gasteiger charge is 2.39. The Morgan fingerprint density at radius 2 is 0.660 bits per heavy atom. The first-order chi connectivity index (χ1) is 22.8. The molecule has 0 aromatic heterocycles. The predicted octanol–water partition coefficient (Wildman–Crippen LogP) is 6.67. The number of hydrogen-bond acceptors (Lipinski definition) is 1. The molecule has 0 heterocycles. The number of aliphatic imine (C=N–C) groups is 1. The van der Waals surface area contributed by atoms with Gasteiger partial charge in [0.15, 0.2) is 0 Å². The lowest BCUT2D eigenvalue weighted by atomic mass is 10.1. The van der Waals surface area contributed by atoms with Crippen molar-refractivity contribution in [2.45, 2.75) is 39.3 Å². The molecule has 6 rings (SSSR count). The normalized spacial score (nSPS) is 11.4. The lowest BCUT2D eigenvalue weighted by Crippen LogP contribution is -3.00. The maximum Gasteiger partial charge on any atom is 0.302 e. The molecule has 0 saturated heterocycles. The van der Waals surface area contributed by atoms with Crippen LogP contribution in [0.15, 0.2) is 187 Å². The molecule has 0 aliphatic heterocycles. The van der Waals surface area contributed by atoms with Crippen LogP contribution < -0.4 is 17.0 Å². The van der Waals surface area contributed by atoms with E-state index < -0.39 is 0 Å². The van der Waals surface area contributed by atoms with Gasteiger partial charge >= 0.3 is 5.96 Å². The SMILES string of the molecule is [Br-].c1ccc(CN=C(N(Cc2ccccc2)Cc2ccccc2)[N+](Cc2ccccc2)(Cc2ccccc2)Cc2ccccc2)cc1. The highest BCUT2D eigenvalue weighted by atomic mass is 79.9. The van der Waals surface area contributed by atoms with Gasteiger partial charge in [-0.3, -0.25) is 0 Å². The fourth-order valence-corrected chi connectivity index (χ4v) is 6.28. The van der Waals surface area contributed by atoms with Gasteiger partial charge in [-0.05, 0) is 16.7 Å². The van der Waals surface area contributed by atoms with Gasteiger partial charge < -0.3 is 21.9 Å². The molecule has 0 atom stereocenters. The topological polar surface area (TPSA) is 15.6 Å². The van der Waals surface area contributed by atoms with Crippen LogP contribution in [0.5, 0.6) is 0 Å². The van der Waals surface area contributed by atoms with Gasteiger partial charge in [0, 0.05) is 29.8 Å². The summed E-state index contributed by atoms with van der Waals surface area (Å²) in [6.45, 7) is 4.52. The molecule has 0 fully saturated rings. The fraction of sp³-hybridized carbons (Fsp3) is 0.140. The van der Waals surface area contributed by atoms with E-state index in [2.05, 4.69) is 187 Å². The van der Waals surface area contributed by atoms with Crippen LogP contribution in [-0.4, -0.2) is 15.3 Å². The number of nitrogens with zero attached hydrogens (tertiary/aromatic N) is 3. The third-order valence-electron chi connectivity index (χ3n) is 8.37. The van der Waals surface area contributed by atoms with Crippen LogP contribution in [-0.2, 0) is 39.3 Å². The molecule has 4 heteroatoms. The molecule has 47 heavy (non-hydrogen) atoms. The summed E-state index contributed by atoms with van der Waals surface area (Å²) in [6.07, 6.45) is 0. The molecule has 0 bridgehead atoms. The zero-order valence-corrected chi connectivity index (χ0v) is 28.4. The minimum absolute atomic E-state index is 0. The molecule has 6 aromatic carbocycles. The molecular formula is C43H42BrN3. The second-order valence-electron chi connectivity index (χ2n) is 12.0. The third-order valence-corrected chi connectivity index (χ3v) is 8.37. The Labute approximate surface area is 290 Å². The van der Waals surface area contributed by atoms with Crippen LogP contribution in [0, 0.1) is 0 Å². The van der Waals surface area contributed by atoms with Crippen molar-refractivity contribution in [2.75, 3.05) is 0 Å². The first kappa shape index (κ1) is 33.6. The van der Waals surface area contributed by atoms with Crippen LogP contribution in [0.2, 0.25) is 0 Å². The molecule has 3 nitrogen and oxygen atoms in total. The summed E-state index contributed by atoms with van der Waals surface area (Å²) in [5, 5.41) is 0. The molecule has 0 radical (unpaired) electrons. The molecule has 0 amide bonds. The molecule has 6 aromatic rings. The van der Waals surface area contributed by atoms with E-state index in [9.17, 15) is 0 Å². The van der Waals surface area contributed by atoms with Crippen molar-refractivity contribution in [1.82, 2.24) is 4.90 Å². The van der Waals surface area contributed by atoms with E-state index >= 15 is 0 Å². The largest absolute Gasteiger partial charge is 1.00 e. The van der Waals surface area contributed by atoms with Crippen molar-refractivity contribution in [3.05, 3.63) is 215 Å². The van der Waals surface area contributed by atoms with E-state index in [4.69, 9.17) is 4.99 Å². The van der Waals surface area contributed by atoms with Gasteiger partial charge in [0.2, 0.25) is 0 Å². The summed E-state index contributed by atoms with van der Waals surface area (Å²) in [7, 11) is 0. The Hall–Kier alpha value is -4.77. The van der Waals surface area contributed by atoms with Crippen LogP contribution in [0.4, 0.5) is 0 Å². The Kier molecular flexibility index (Phi) is 12.3. The zero-order chi connectivity index (χ0) is 31.3. The van der Waals surface area contributed by atoms with Crippen molar-refractivity contribution in [1.29, 1.82) is 0 Å². The minimum atomic E-state index is 0. The van der Waals surface area contributed by atoms with Gasteiger partial charge in [-0.1, -0.05) is 182 Å². The Morgan fingerprint density at radius 1 is 0.383 bits per heavy atom. The van der Waals surface area contributed by atoms with Gasteiger partial charge in [-0.25, -0.2) is 9.48 Å². The summed E-state index contributed by atoms with van der Waals surface area (Å²) >= 11 is 0. The minimum Gasteiger partial charge on any atom is -1.00 e. The molecule has 0 saturated carbocycles. The highest BCUT2D eigenvalue weighted by Crippen LogP contribution is 2.29. The molecule has 0 aliphatic rings. The summed E-state index contributed by atoms with van der Waals surface area (Å²) in [4.78, 5) is 8.19. The van der Waals surface area contributed by atoms with Crippen LogP contribution in [0.1, 0.15) is 33.4 Å². The predicted molar refractivity (Wildman–Crippen MR) is 190 cm³/mol. The second kappa shape index (κ2) is 17.2. The summed E-state index contributed by atoms with van der Waals surface area (Å²) in [6, 6.07) is 65.1. The Bertz CT molecular complexity index is 1620. The number of guanidine groups is 1. The highest BCUT2D eigenvalue weighted by molar-refractivity contribution is 5.74. The smallest absolute Gasteiger partial charge is 0.302 e. The number of rotatable bonds is 12. The average molecular weight is 681 g/mol. The van der Waals surface area contributed by atoms with Gasteiger partial charge in [0.25, 0.3) is 0 Å². The van der Waals surface area contributed by atoms with E-state index in [1.807, 2.05) is 0 Å². The zero-order valence-electron chi connectivity index (χ0n) is 26.8. The fourth-order valence-electron chi connectivity index (χ4n) is 6.28. The van der Waals surface area contributed by atoms with Crippen LogP contribution in [0.3, 0.4) is 0 Å². The summed E-state index contributed by atoms with van der Waals surface area (Å²) in [5.41, 5.74) is 7.62. The van der Waals surface area contributed by atoms with Crippen LogP contribution in [0.25, 0.3) is 0 Å². The number of hydrogen-bond donors (Lipinski definition) is 0. The van der Waals surface area contributed by atoms with Crippen LogP contribution >= 0.6 is 0 Å². The molecule has 236 valence electrons. The molecule has 0 unspecified atom stereocenters. The number of halogens is 1. The first-order valence-electron chi connectivity index (χ1n) is 16.2. The molecule has 0 N–H and O–H groups in total. The van der Waals surface area contributed by atoms with Crippen molar-refractivity contribution >= 4 is 5.96 Å². The summed E-state index contributed by atoms with van der Waals surface area (Å²) in [5.74, 6) is 1.09. The second-order valence-corrected chi connectivity index (χ2v) is 12.0. The van der Waals surface area contributed by atoms with Crippen molar-refractivity contribution < 1.29 is 21.5 Å². The quantitative estimate of drug-likeness (QED) is 0.0802. The van der Waals surface area contributed by atoms with Crippen molar-refractivity contribution in [3.63, 3.8) is 0 Å². The summed E-state index contributed by atoms with van der Waals surface area (Å²) < 4.78 is 0.643. The van der Waals surface area contributed by atoms with E-state index in [0.29, 0.717) is 11.0 Å². The van der Waals surface area contributed by atoms with Gasteiger partial charge in [-0.15, -0.1) is 0 Å². The van der Waals surface area contributed by atoms with Crippen molar-refractivity contribution in [2.24, 2.45) is 4.99 Å². The molecule has 0 aliphatic carbocycles. The van der Waals surface area contributed by atoms with E-state index in [1.165, 1.54) is 33.4 Å². The van der Waals surface area contributed by atoms with E-state index in [0.717, 1.165) is 38.7 Å². The van der Waals surface area contributed by atoms with E-state index in [-0.39, 0.29) is 17.0 Å². The number of benzene rings is 6. The standard InChI is InChI=1S/C43H42N3.BrH/c1-7-19-37(20-8-1)31-44-43(45(32-38-21-9-2-10-22-38)33-39-23-11-3-12-24-39)46(34-40-25-13-4-14-26-40,35-41-27-15-5-16-28-41)36-42-29-17-6-18-30-42;/h1-30H,31-36H2;1H/q+1;/p-1. The lowest BCUT2D eigenvalue weighted by molar-refractivity contribution is -0.888. The Balaban J connectivity index is 0.00000433. The maximum absolute atomic E-state index is 5.66. The van der Waals surface area contributed by atoms with Gasteiger partial charge in [0.1, 0.15) is 19.6 Å². The van der Waals surface area contributed by atoms with Gasteiger partial charge in [0.05, 0.1) is 6.54 Å². The molecular weight excluding hydrogens is 638 g/mol. The van der Waals surface area contributed by atoms with Gasteiger partial charge in [-0.2, -0.15) is 0 Å². The maximum atomic E-state index is 5.66. The third kappa shape index (κ3) is 9.62. The lowest BCUT2D eigenvalue weighted by Gasteiger charge is -2.43. The monoisotopic (exact) mass is 679 g/mol. The number of quaternary nitrogens is 1. The average Bonchev–Trinajstić information content (AvgIpc) is 3.11. The van der Waals surface area contributed by atoms with E-state index in [1.54, 1.807) is 0 Å². The van der Waals surface area contributed by atoms with Crippen molar-refractivity contribution in [3.8, 4) is 0 Å². The first-order valence-corrected chi connectivity index (χ1v) is 16.2. The molecule has 0 spiro atoms. The Morgan fingerprint density at radius 3 is 0.979 bits per heavy atom.